The van der Waals surface area contributed by atoms with Crippen LogP contribution < -0.4 is 4.90 Å². The van der Waals surface area contributed by atoms with Crippen LogP contribution in [0.25, 0.3) is 0 Å². The summed E-state index contributed by atoms with van der Waals surface area (Å²) in [4.78, 5) is 22.6. The molecule has 1 aromatic heterocycles. The van der Waals surface area contributed by atoms with E-state index in [2.05, 4.69) is 46.2 Å². The number of amides is 1. The second-order valence-electron chi connectivity index (χ2n) is 7.13. The first-order valence-electron chi connectivity index (χ1n) is 9.72. The molecule has 7 heteroatoms. The van der Waals surface area contributed by atoms with Crippen LogP contribution in [0.1, 0.15) is 27.6 Å². The van der Waals surface area contributed by atoms with Crippen molar-refractivity contribution in [3.63, 3.8) is 0 Å². The summed E-state index contributed by atoms with van der Waals surface area (Å²) in [5.74, 6) is 1.85. The van der Waals surface area contributed by atoms with E-state index >= 15 is 0 Å². The van der Waals surface area contributed by atoms with Gasteiger partial charge in [-0.15, -0.1) is 11.8 Å². The van der Waals surface area contributed by atoms with E-state index in [0.29, 0.717) is 17.5 Å². The van der Waals surface area contributed by atoms with E-state index in [4.69, 9.17) is 4.52 Å². The van der Waals surface area contributed by atoms with Gasteiger partial charge >= 0.3 is 0 Å². The smallest absolute Gasteiger partial charge is 0.255 e. The van der Waals surface area contributed by atoms with Gasteiger partial charge < -0.3 is 14.3 Å². The lowest BCUT2D eigenvalue weighted by Gasteiger charge is -2.36. The van der Waals surface area contributed by atoms with Crippen LogP contribution in [0, 0.1) is 13.8 Å². The molecule has 1 aliphatic heterocycles. The summed E-state index contributed by atoms with van der Waals surface area (Å²) < 4.78 is 5.03. The van der Waals surface area contributed by atoms with Gasteiger partial charge in [0, 0.05) is 43.7 Å². The van der Waals surface area contributed by atoms with E-state index < -0.39 is 0 Å². The van der Waals surface area contributed by atoms with Crippen LogP contribution in [0.2, 0.25) is 0 Å². The van der Waals surface area contributed by atoms with Crippen molar-refractivity contribution in [2.75, 3.05) is 31.1 Å². The molecule has 6 nitrogen and oxygen atoms in total. The number of hydrogen-bond acceptors (Lipinski definition) is 6. The topological polar surface area (TPSA) is 62.5 Å². The third kappa shape index (κ3) is 4.62. The Bertz CT molecular complexity index is 996. The van der Waals surface area contributed by atoms with Crippen molar-refractivity contribution in [2.24, 2.45) is 0 Å². The number of benzene rings is 2. The Kier molecular flexibility index (Phi) is 5.85. The molecule has 0 N–H and O–H groups in total. The highest BCUT2D eigenvalue weighted by Gasteiger charge is 2.24. The number of rotatable bonds is 5. The number of carbonyl (C=O) groups is 1. The fourth-order valence-electron chi connectivity index (χ4n) is 3.47. The van der Waals surface area contributed by atoms with Crippen LogP contribution >= 0.6 is 11.8 Å². The number of nitrogens with zero attached hydrogens (tertiary/aromatic N) is 4. The third-order valence-electron chi connectivity index (χ3n) is 4.98. The van der Waals surface area contributed by atoms with Crippen molar-refractivity contribution >= 4 is 23.4 Å². The minimum atomic E-state index is 0.0845. The van der Waals surface area contributed by atoms with E-state index in [1.807, 2.05) is 29.2 Å². The first kappa shape index (κ1) is 19.5. The van der Waals surface area contributed by atoms with Crippen molar-refractivity contribution in [3.8, 4) is 0 Å². The molecule has 1 fully saturated rings. The standard InChI is InChI=1S/C22H24N4O2S/c1-16-6-5-7-18(14-16)25-10-12-26(13-11-25)22(27)19-8-3-4-9-20(19)29-15-21-23-17(2)28-24-21/h3-9,14H,10-13,15H2,1-2H3. The molecular formula is C22H24N4O2S. The van der Waals surface area contributed by atoms with E-state index in [9.17, 15) is 4.79 Å². The van der Waals surface area contributed by atoms with Crippen LogP contribution in [0.4, 0.5) is 5.69 Å². The van der Waals surface area contributed by atoms with Gasteiger partial charge in [-0.05, 0) is 36.8 Å². The molecule has 150 valence electrons. The molecule has 1 aliphatic rings. The number of aromatic nitrogens is 2. The minimum Gasteiger partial charge on any atom is -0.368 e. The molecule has 0 radical (unpaired) electrons. The summed E-state index contributed by atoms with van der Waals surface area (Å²) >= 11 is 1.56. The fourth-order valence-corrected chi connectivity index (χ4v) is 4.36. The molecule has 0 saturated carbocycles. The normalized spacial score (nSPS) is 14.3. The van der Waals surface area contributed by atoms with E-state index in [0.717, 1.165) is 36.6 Å². The predicted molar refractivity (Wildman–Crippen MR) is 114 cm³/mol. The van der Waals surface area contributed by atoms with E-state index in [1.54, 1.807) is 18.7 Å². The molecular weight excluding hydrogens is 384 g/mol. The molecule has 1 amide bonds. The lowest BCUT2D eigenvalue weighted by molar-refractivity contribution is 0.0743. The van der Waals surface area contributed by atoms with Gasteiger partial charge in [0.1, 0.15) is 0 Å². The molecule has 0 unspecified atom stereocenters. The number of anilines is 1. The number of hydrogen-bond donors (Lipinski definition) is 0. The highest BCUT2D eigenvalue weighted by molar-refractivity contribution is 7.98. The molecule has 0 atom stereocenters. The highest BCUT2D eigenvalue weighted by atomic mass is 32.2. The maximum atomic E-state index is 13.2. The molecule has 3 aromatic rings. The number of piperazine rings is 1. The number of carbonyl (C=O) groups excluding carboxylic acids is 1. The summed E-state index contributed by atoms with van der Waals surface area (Å²) in [6.07, 6.45) is 0. The second-order valence-corrected chi connectivity index (χ2v) is 8.15. The van der Waals surface area contributed by atoms with Gasteiger partial charge in [-0.25, -0.2) is 0 Å². The first-order valence-corrected chi connectivity index (χ1v) is 10.7. The predicted octanol–water partition coefficient (Wildman–Crippen LogP) is 3.94. The zero-order valence-electron chi connectivity index (χ0n) is 16.7. The molecule has 0 spiro atoms. The van der Waals surface area contributed by atoms with Crippen LogP contribution in [-0.2, 0) is 5.75 Å². The van der Waals surface area contributed by atoms with Crippen molar-refractivity contribution in [1.29, 1.82) is 0 Å². The Balaban J connectivity index is 1.41. The Hall–Kier alpha value is -2.80. The molecule has 0 aliphatic carbocycles. The molecule has 0 bridgehead atoms. The summed E-state index contributed by atoms with van der Waals surface area (Å²) in [5.41, 5.74) is 3.22. The average Bonchev–Trinajstić information content (AvgIpc) is 3.17. The molecule has 4 rings (SSSR count). The molecule has 2 aromatic carbocycles. The Morgan fingerprint density at radius 1 is 1.07 bits per heavy atom. The monoisotopic (exact) mass is 408 g/mol. The van der Waals surface area contributed by atoms with Crippen molar-refractivity contribution in [1.82, 2.24) is 15.0 Å². The minimum absolute atomic E-state index is 0.0845. The summed E-state index contributed by atoms with van der Waals surface area (Å²) in [5, 5.41) is 3.93. The third-order valence-corrected chi connectivity index (χ3v) is 6.05. The van der Waals surface area contributed by atoms with Gasteiger partial charge in [0.2, 0.25) is 5.89 Å². The number of aryl methyl sites for hydroxylation is 2. The highest BCUT2D eigenvalue weighted by Crippen LogP contribution is 2.27. The second kappa shape index (κ2) is 8.69. The lowest BCUT2D eigenvalue weighted by Crippen LogP contribution is -2.48. The van der Waals surface area contributed by atoms with E-state index in [-0.39, 0.29) is 5.91 Å². The SMILES string of the molecule is Cc1cccc(N2CCN(C(=O)c3ccccc3SCc3noc(C)n3)CC2)c1. The van der Waals surface area contributed by atoms with Crippen LogP contribution in [0.5, 0.6) is 0 Å². The maximum absolute atomic E-state index is 13.2. The lowest BCUT2D eigenvalue weighted by atomic mass is 10.1. The van der Waals surface area contributed by atoms with Gasteiger partial charge in [0.05, 0.1) is 11.3 Å². The first-order chi connectivity index (χ1) is 14.1. The average molecular weight is 409 g/mol. The largest absolute Gasteiger partial charge is 0.368 e. The van der Waals surface area contributed by atoms with Gasteiger partial charge in [-0.2, -0.15) is 4.98 Å². The Morgan fingerprint density at radius 2 is 1.86 bits per heavy atom. The quantitative estimate of drug-likeness (QED) is 0.596. The molecule has 1 saturated heterocycles. The van der Waals surface area contributed by atoms with Gasteiger partial charge in [0.15, 0.2) is 5.82 Å². The molecule has 29 heavy (non-hydrogen) atoms. The summed E-state index contributed by atoms with van der Waals surface area (Å²) in [6, 6.07) is 16.3. The van der Waals surface area contributed by atoms with Crippen molar-refractivity contribution < 1.29 is 9.32 Å². The van der Waals surface area contributed by atoms with Gasteiger partial charge in [-0.3, -0.25) is 4.79 Å². The van der Waals surface area contributed by atoms with Gasteiger partial charge in [0.25, 0.3) is 5.91 Å². The van der Waals surface area contributed by atoms with Crippen molar-refractivity contribution in [2.45, 2.75) is 24.5 Å². The summed E-state index contributed by atoms with van der Waals surface area (Å²) in [7, 11) is 0. The Labute approximate surface area is 174 Å². The fraction of sp³-hybridized carbons (Fsp3) is 0.318. The van der Waals surface area contributed by atoms with E-state index in [1.165, 1.54) is 11.3 Å². The van der Waals surface area contributed by atoms with Crippen molar-refractivity contribution in [3.05, 3.63) is 71.4 Å². The zero-order chi connectivity index (χ0) is 20.2. The van der Waals surface area contributed by atoms with Crippen LogP contribution in [0.15, 0.2) is 57.9 Å². The van der Waals surface area contributed by atoms with Crippen LogP contribution in [0.3, 0.4) is 0 Å². The molecule has 2 heterocycles. The van der Waals surface area contributed by atoms with Crippen LogP contribution in [-0.4, -0.2) is 47.1 Å². The van der Waals surface area contributed by atoms with Gasteiger partial charge in [-0.1, -0.05) is 29.4 Å². The summed E-state index contributed by atoms with van der Waals surface area (Å²) in [6.45, 7) is 6.99. The zero-order valence-corrected chi connectivity index (χ0v) is 17.5. The number of thioether (sulfide) groups is 1. The maximum Gasteiger partial charge on any atom is 0.255 e. The Morgan fingerprint density at radius 3 is 2.59 bits per heavy atom.